The average molecular weight is 383 g/mol. The molecule has 4 aliphatic rings. The van der Waals surface area contributed by atoms with Crippen LogP contribution in [0.5, 0.6) is 0 Å². The van der Waals surface area contributed by atoms with E-state index in [1.165, 1.54) is 12.1 Å². The van der Waals surface area contributed by atoms with E-state index < -0.39 is 11.6 Å². The van der Waals surface area contributed by atoms with Gasteiger partial charge in [0.25, 0.3) is 5.91 Å². The van der Waals surface area contributed by atoms with Gasteiger partial charge in [0.1, 0.15) is 17.3 Å². The predicted molar refractivity (Wildman–Crippen MR) is 101 cm³/mol. The molecule has 0 spiro atoms. The van der Waals surface area contributed by atoms with E-state index in [-0.39, 0.29) is 23.9 Å². The Hall–Kier alpha value is -2.34. The average Bonchev–Trinajstić information content (AvgIpc) is 3.10. The van der Waals surface area contributed by atoms with Crippen LogP contribution in [0.1, 0.15) is 40.5 Å². The fourth-order valence-electron chi connectivity index (χ4n) is 5.55. The highest BCUT2D eigenvalue weighted by atomic mass is 19.1. The number of hydrogen-bond acceptors (Lipinski definition) is 3. The number of carbonyl (C=O) groups is 1. The van der Waals surface area contributed by atoms with Crippen molar-refractivity contribution < 1.29 is 13.6 Å². The van der Waals surface area contributed by atoms with Gasteiger partial charge in [-0.1, -0.05) is 6.07 Å². The smallest absolute Gasteiger partial charge is 0.272 e. The second-order valence-electron chi connectivity index (χ2n) is 8.29. The highest BCUT2D eigenvalue weighted by Crippen LogP contribution is 2.47. The van der Waals surface area contributed by atoms with Gasteiger partial charge in [-0.3, -0.25) is 9.69 Å². The summed E-state index contributed by atoms with van der Waals surface area (Å²) in [6.45, 7) is 4.32. The predicted octanol–water partition coefficient (Wildman–Crippen LogP) is 3.37. The molecule has 0 radical (unpaired) electrons. The Kier molecular flexibility index (Phi) is 4.19. The number of rotatable bonds is 2. The lowest BCUT2D eigenvalue weighted by Gasteiger charge is -2.51. The van der Waals surface area contributed by atoms with E-state index in [4.69, 9.17) is 0 Å². The van der Waals surface area contributed by atoms with Gasteiger partial charge in [0, 0.05) is 30.3 Å². The number of halogens is 2. The third-order valence-electron chi connectivity index (χ3n) is 6.68. The molecule has 4 aliphatic heterocycles. The molecule has 28 heavy (non-hydrogen) atoms. The van der Waals surface area contributed by atoms with Crippen molar-refractivity contribution in [2.45, 2.75) is 37.8 Å². The molecular formula is C22H23F2N3O. The van der Waals surface area contributed by atoms with Crippen molar-refractivity contribution in [2.24, 2.45) is 5.92 Å². The Morgan fingerprint density at radius 3 is 2.46 bits per heavy atom. The molecule has 4 saturated heterocycles. The second kappa shape index (κ2) is 6.62. The van der Waals surface area contributed by atoms with Crippen LogP contribution in [-0.4, -0.2) is 52.4 Å². The van der Waals surface area contributed by atoms with Crippen LogP contribution in [0.4, 0.5) is 8.78 Å². The van der Waals surface area contributed by atoms with Gasteiger partial charge in [0.05, 0.1) is 6.04 Å². The quantitative estimate of drug-likeness (QED) is 0.798. The normalized spacial score (nSPS) is 31.1. The number of pyridine rings is 1. The van der Waals surface area contributed by atoms with Crippen molar-refractivity contribution in [1.82, 2.24) is 14.8 Å². The maximum atomic E-state index is 13.9. The van der Waals surface area contributed by atoms with Crippen molar-refractivity contribution in [2.75, 3.05) is 19.6 Å². The van der Waals surface area contributed by atoms with Gasteiger partial charge < -0.3 is 4.90 Å². The van der Waals surface area contributed by atoms with E-state index in [0.29, 0.717) is 23.7 Å². The highest BCUT2D eigenvalue weighted by molar-refractivity contribution is 5.93. The van der Waals surface area contributed by atoms with Crippen LogP contribution in [0, 0.1) is 24.5 Å². The molecule has 4 nitrogen and oxygen atoms in total. The largest absolute Gasteiger partial charge is 0.332 e. The topological polar surface area (TPSA) is 36.4 Å². The SMILES string of the molecule is Cc1cccc(C(=O)N2C[C@H](c3cc(F)cc(F)c3)[C@H]3[C@@H]2C2CCN3CC2)n1. The number of aromatic nitrogens is 1. The first kappa shape index (κ1) is 17.7. The first-order valence-electron chi connectivity index (χ1n) is 9.96. The monoisotopic (exact) mass is 383 g/mol. The molecule has 5 heterocycles. The van der Waals surface area contributed by atoms with Gasteiger partial charge in [-0.25, -0.2) is 13.8 Å². The van der Waals surface area contributed by atoms with Gasteiger partial charge in [-0.2, -0.15) is 0 Å². The molecule has 2 bridgehead atoms. The minimum absolute atomic E-state index is 0.0770. The Morgan fingerprint density at radius 2 is 1.79 bits per heavy atom. The van der Waals surface area contributed by atoms with Gasteiger partial charge in [0.2, 0.25) is 0 Å². The molecule has 1 aromatic heterocycles. The summed E-state index contributed by atoms with van der Waals surface area (Å²) < 4.78 is 27.8. The minimum Gasteiger partial charge on any atom is -0.332 e. The number of hydrogen-bond donors (Lipinski definition) is 0. The third kappa shape index (κ3) is 2.82. The molecule has 3 atom stereocenters. The van der Waals surface area contributed by atoms with Gasteiger partial charge >= 0.3 is 0 Å². The highest BCUT2D eigenvalue weighted by Gasteiger charge is 2.54. The van der Waals surface area contributed by atoms with Crippen LogP contribution in [-0.2, 0) is 0 Å². The summed E-state index contributed by atoms with van der Waals surface area (Å²) in [5, 5.41) is 0. The molecule has 0 unspecified atom stereocenters. The summed E-state index contributed by atoms with van der Waals surface area (Å²) >= 11 is 0. The van der Waals surface area contributed by atoms with E-state index >= 15 is 0 Å². The van der Waals surface area contributed by atoms with Crippen LogP contribution < -0.4 is 0 Å². The molecule has 0 N–H and O–H groups in total. The number of benzene rings is 1. The lowest BCUT2D eigenvalue weighted by atomic mass is 9.75. The van der Waals surface area contributed by atoms with Crippen molar-refractivity contribution in [1.29, 1.82) is 0 Å². The number of likely N-dealkylation sites (tertiary alicyclic amines) is 1. The van der Waals surface area contributed by atoms with E-state index in [2.05, 4.69) is 9.88 Å². The molecule has 6 rings (SSSR count). The lowest BCUT2D eigenvalue weighted by Crippen LogP contribution is -2.60. The van der Waals surface area contributed by atoms with Gasteiger partial charge in [-0.05, 0) is 68.6 Å². The number of piperidine rings is 3. The number of carbonyl (C=O) groups excluding carboxylic acids is 1. The van der Waals surface area contributed by atoms with E-state index in [9.17, 15) is 13.6 Å². The van der Waals surface area contributed by atoms with Gasteiger partial charge in [0.15, 0.2) is 0 Å². The van der Waals surface area contributed by atoms with Crippen LogP contribution >= 0.6 is 0 Å². The molecule has 1 amide bonds. The zero-order valence-corrected chi connectivity index (χ0v) is 15.8. The molecule has 4 fully saturated rings. The summed E-state index contributed by atoms with van der Waals surface area (Å²) in [6, 6.07) is 9.41. The molecule has 1 aromatic carbocycles. The number of aryl methyl sites for hydroxylation is 1. The summed E-state index contributed by atoms with van der Waals surface area (Å²) in [5.74, 6) is -0.855. The van der Waals surface area contributed by atoms with Crippen molar-refractivity contribution >= 4 is 5.91 Å². The zero-order valence-electron chi connectivity index (χ0n) is 15.8. The molecule has 146 valence electrons. The summed E-state index contributed by atoms with van der Waals surface area (Å²) in [4.78, 5) is 22.1. The van der Waals surface area contributed by atoms with Crippen molar-refractivity contribution in [3.63, 3.8) is 0 Å². The van der Waals surface area contributed by atoms with Crippen LogP contribution in [0.15, 0.2) is 36.4 Å². The molecule has 0 aliphatic carbocycles. The van der Waals surface area contributed by atoms with Crippen molar-refractivity contribution in [3.05, 3.63) is 65.0 Å². The lowest BCUT2D eigenvalue weighted by molar-refractivity contribution is -0.00361. The second-order valence-corrected chi connectivity index (χ2v) is 8.29. The van der Waals surface area contributed by atoms with E-state index in [0.717, 1.165) is 37.7 Å². The maximum absolute atomic E-state index is 13.9. The van der Waals surface area contributed by atoms with Crippen LogP contribution in [0.3, 0.4) is 0 Å². The van der Waals surface area contributed by atoms with E-state index in [1.54, 1.807) is 6.07 Å². The first-order valence-corrected chi connectivity index (χ1v) is 9.96. The summed E-state index contributed by atoms with van der Waals surface area (Å²) in [6.07, 6.45) is 2.13. The number of amides is 1. The Labute approximate surface area is 163 Å². The molecular weight excluding hydrogens is 360 g/mol. The van der Waals surface area contributed by atoms with Gasteiger partial charge in [-0.15, -0.1) is 0 Å². The van der Waals surface area contributed by atoms with Crippen molar-refractivity contribution in [3.8, 4) is 0 Å². The summed E-state index contributed by atoms with van der Waals surface area (Å²) in [5.41, 5.74) is 1.90. The number of fused-ring (bicyclic) bond motifs is 2. The zero-order chi connectivity index (χ0) is 19.4. The molecule has 0 saturated carbocycles. The van der Waals surface area contributed by atoms with Crippen LogP contribution in [0.25, 0.3) is 0 Å². The minimum atomic E-state index is -0.562. The maximum Gasteiger partial charge on any atom is 0.272 e. The third-order valence-corrected chi connectivity index (χ3v) is 6.68. The Balaban J connectivity index is 1.54. The summed E-state index contributed by atoms with van der Waals surface area (Å²) in [7, 11) is 0. The fraction of sp³-hybridized carbons (Fsp3) is 0.455. The standard InChI is InChI=1S/C22H23F2N3O/c1-13-3-2-4-19(25-13)22(28)27-12-18(15-9-16(23)11-17(24)10-15)21-20(27)14-5-7-26(21)8-6-14/h2-4,9-11,14,18,20-21H,5-8,12H2,1H3/t18-,20+,21+/m1/s1. The van der Waals surface area contributed by atoms with Crippen LogP contribution in [0.2, 0.25) is 0 Å². The fourth-order valence-corrected chi connectivity index (χ4v) is 5.55. The first-order chi connectivity index (χ1) is 13.5. The molecule has 6 heteroatoms. The van der Waals surface area contributed by atoms with E-state index in [1.807, 2.05) is 24.0 Å². The number of nitrogens with zero attached hydrogens (tertiary/aromatic N) is 3. The molecule has 2 aromatic rings. The Morgan fingerprint density at radius 1 is 1.07 bits per heavy atom. The Bertz CT molecular complexity index is 905.